The van der Waals surface area contributed by atoms with E-state index in [1.165, 1.54) is 5.57 Å². The van der Waals surface area contributed by atoms with Gasteiger partial charge in [0.2, 0.25) is 0 Å². The Kier molecular flexibility index (Phi) is 2.04. The number of hydrogen-bond acceptors (Lipinski definition) is 1. The van der Waals surface area contributed by atoms with E-state index in [9.17, 15) is 0 Å². The fourth-order valence-corrected chi connectivity index (χ4v) is 1.17. The Bertz CT molecular complexity index is 145. The molecule has 0 aliphatic carbocycles. The first-order valence-electron chi connectivity index (χ1n) is 3.60. The van der Waals surface area contributed by atoms with Crippen LogP contribution in [0.2, 0.25) is 0 Å². The summed E-state index contributed by atoms with van der Waals surface area (Å²) in [5, 5.41) is 0. The van der Waals surface area contributed by atoms with E-state index < -0.39 is 0 Å². The minimum absolute atomic E-state index is 0.509. The quantitative estimate of drug-likeness (QED) is 0.533. The van der Waals surface area contributed by atoms with Crippen LogP contribution in [0.15, 0.2) is 16.6 Å². The van der Waals surface area contributed by atoms with Crippen LogP contribution in [0.3, 0.4) is 0 Å². The van der Waals surface area contributed by atoms with Crippen molar-refractivity contribution < 1.29 is 0 Å². The number of allylic oxidation sites excluding steroid dienone is 1. The molecule has 0 aromatic rings. The lowest BCUT2D eigenvalue weighted by Gasteiger charge is -2.06. The molecule has 0 N–H and O–H groups in total. The lowest BCUT2D eigenvalue weighted by molar-refractivity contribution is 0.731. The summed E-state index contributed by atoms with van der Waals surface area (Å²) >= 11 is 0. The zero-order chi connectivity index (χ0) is 6.69. The molecule has 0 amide bonds. The average Bonchev–Trinajstić information content (AvgIpc) is 2.33. The SMILES string of the molecule is CCC1=CC=NC1CC. The minimum Gasteiger partial charge on any atom is -0.285 e. The second kappa shape index (κ2) is 2.81. The van der Waals surface area contributed by atoms with Gasteiger partial charge in [-0.1, -0.05) is 13.8 Å². The fourth-order valence-electron chi connectivity index (χ4n) is 1.17. The molecule has 0 saturated heterocycles. The normalized spacial score (nSPS) is 24.7. The molecule has 1 heteroatoms. The molecular weight excluding hydrogens is 110 g/mol. The topological polar surface area (TPSA) is 12.4 Å². The van der Waals surface area contributed by atoms with Crippen LogP contribution in [0, 0.1) is 0 Å². The van der Waals surface area contributed by atoms with E-state index in [0.29, 0.717) is 6.04 Å². The monoisotopic (exact) mass is 123 g/mol. The molecule has 0 radical (unpaired) electrons. The largest absolute Gasteiger partial charge is 0.285 e. The molecular formula is C8H13N. The van der Waals surface area contributed by atoms with Crippen molar-refractivity contribution in [3.8, 4) is 0 Å². The maximum Gasteiger partial charge on any atom is 0.0709 e. The molecule has 1 atom stereocenters. The number of rotatable bonds is 2. The molecule has 0 fully saturated rings. The molecule has 1 aliphatic heterocycles. The van der Waals surface area contributed by atoms with Crippen LogP contribution in [0.5, 0.6) is 0 Å². The standard InChI is InChI=1S/C8H13N/c1-3-7-5-6-9-8(7)4-2/h5-6,8H,3-4H2,1-2H3. The predicted octanol–water partition coefficient (Wildman–Crippen LogP) is 2.19. The van der Waals surface area contributed by atoms with E-state index >= 15 is 0 Å². The molecule has 50 valence electrons. The van der Waals surface area contributed by atoms with Gasteiger partial charge in [0.05, 0.1) is 6.04 Å². The molecule has 0 aromatic heterocycles. The highest BCUT2D eigenvalue weighted by Crippen LogP contribution is 2.17. The minimum atomic E-state index is 0.509. The second-order valence-corrected chi connectivity index (χ2v) is 2.32. The third-order valence-corrected chi connectivity index (χ3v) is 1.78. The van der Waals surface area contributed by atoms with E-state index in [4.69, 9.17) is 0 Å². The van der Waals surface area contributed by atoms with Crippen molar-refractivity contribution in [2.75, 3.05) is 0 Å². The maximum atomic E-state index is 4.29. The van der Waals surface area contributed by atoms with Gasteiger partial charge in [-0.2, -0.15) is 0 Å². The number of aliphatic imine (C=N–C) groups is 1. The molecule has 1 unspecified atom stereocenters. The van der Waals surface area contributed by atoms with Gasteiger partial charge in [-0.15, -0.1) is 0 Å². The van der Waals surface area contributed by atoms with Gasteiger partial charge in [0, 0.05) is 6.21 Å². The maximum absolute atomic E-state index is 4.29. The molecule has 0 saturated carbocycles. The van der Waals surface area contributed by atoms with E-state index in [1.807, 2.05) is 6.21 Å². The summed E-state index contributed by atoms with van der Waals surface area (Å²) in [5.41, 5.74) is 1.48. The summed E-state index contributed by atoms with van der Waals surface area (Å²) in [6, 6.07) is 0.509. The van der Waals surface area contributed by atoms with E-state index in [-0.39, 0.29) is 0 Å². The first kappa shape index (κ1) is 6.53. The smallest absolute Gasteiger partial charge is 0.0709 e. The zero-order valence-corrected chi connectivity index (χ0v) is 6.09. The van der Waals surface area contributed by atoms with E-state index in [1.54, 1.807) is 0 Å². The molecule has 0 aromatic carbocycles. The van der Waals surface area contributed by atoms with Crippen LogP contribution in [-0.4, -0.2) is 12.3 Å². The number of hydrogen-bond donors (Lipinski definition) is 0. The molecule has 9 heavy (non-hydrogen) atoms. The lowest BCUT2D eigenvalue weighted by Crippen LogP contribution is -2.01. The summed E-state index contributed by atoms with van der Waals surface area (Å²) in [5.74, 6) is 0. The van der Waals surface area contributed by atoms with Crippen molar-refractivity contribution in [1.29, 1.82) is 0 Å². The molecule has 1 rings (SSSR count). The van der Waals surface area contributed by atoms with Crippen LogP contribution >= 0.6 is 0 Å². The average molecular weight is 123 g/mol. The van der Waals surface area contributed by atoms with Crippen molar-refractivity contribution in [2.45, 2.75) is 32.7 Å². The van der Waals surface area contributed by atoms with Crippen molar-refractivity contribution in [3.05, 3.63) is 11.6 Å². The van der Waals surface area contributed by atoms with Gasteiger partial charge in [-0.3, -0.25) is 4.99 Å². The molecule has 1 heterocycles. The lowest BCUT2D eigenvalue weighted by atomic mass is 10.1. The van der Waals surface area contributed by atoms with Crippen molar-refractivity contribution >= 4 is 6.21 Å². The van der Waals surface area contributed by atoms with Gasteiger partial charge < -0.3 is 0 Å². The van der Waals surface area contributed by atoms with Crippen LogP contribution in [-0.2, 0) is 0 Å². The third kappa shape index (κ3) is 1.21. The Balaban J connectivity index is 2.55. The highest BCUT2D eigenvalue weighted by atomic mass is 14.8. The van der Waals surface area contributed by atoms with Crippen LogP contribution in [0.25, 0.3) is 0 Å². The molecule has 1 aliphatic rings. The third-order valence-electron chi connectivity index (χ3n) is 1.78. The van der Waals surface area contributed by atoms with Gasteiger partial charge in [-0.05, 0) is 24.5 Å². The molecule has 0 spiro atoms. The first-order valence-corrected chi connectivity index (χ1v) is 3.60. The van der Waals surface area contributed by atoms with Gasteiger partial charge in [0.25, 0.3) is 0 Å². The van der Waals surface area contributed by atoms with Crippen molar-refractivity contribution in [3.63, 3.8) is 0 Å². The second-order valence-electron chi connectivity index (χ2n) is 2.32. The summed E-state index contributed by atoms with van der Waals surface area (Å²) < 4.78 is 0. The highest BCUT2D eigenvalue weighted by molar-refractivity contribution is 5.76. The van der Waals surface area contributed by atoms with Gasteiger partial charge in [0.1, 0.15) is 0 Å². The Morgan fingerprint density at radius 1 is 1.56 bits per heavy atom. The first-order chi connectivity index (χ1) is 4.38. The van der Waals surface area contributed by atoms with Crippen LogP contribution in [0.1, 0.15) is 26.7 Å². The van der Waals surface area contributed by atoms with E-state index in [0.717, 1.165) is 12.8 Å². The van der Waals surface area contributed by atoms with Gasteiger partial charge in [0.15, 0.2) is 0 Å². The Labute approximate surface area is 56.5 Å². The summed E-state index contributed by atoms with van der Waals surface area (Å²) in [6.07, 6.45) is 6.36. The number of nitrogens with zero attached hydrogens (tertiary/aromatic N) is 1. The van der Waals surface area contributed by atoms with Crippen LogP contribution in [0.4, 0.5) is 0 Å². The van der Waals surface area contributed by atoms with Crippen LogP contribution < -0.4 is 0 Å². The summed E-state index contributed by atoms with van der Waals surface area (Å²) in [6.45, 7) is 4.36. The Hall–Kier alpha value is -0.590. The fraction of sp³-hybridized carbons (Fsp3) is 0.625. The molecule has 1 nitrogen and oxygen atoms in total. The molecule has 0 bridgehead atoms. The Morgan fingerprint density at radius 2 is 2.33 bits per heavy atom. The predicted molar refractivity (Wildman–Crippen MR) is 40.9 cm³/mol. The highest BCUT2D eigenvalue weighted by Gasteiger charge is 2.10. The van der Waals surface area contributed by atoms with Crippen molar-refractivity contribution in [1.82, 2.24) is 0 Å². The van der Waals surface area contributed by atoms with Gasteiger partial charge in [-0.25, -0.2) is 0 Å². The summed E-state index contributed by atoms with van der Waals surface area (Å²) in [4.78, 5) is 4.29. The van der Waals surface area contributed by atoms with Crippen molar-refractivity contribution in [2.24, 2.45) is 4.99 Å². The zero-order valence-electron chi connectivity index (χ0n) is 6.09. The summed E-state index contributed by atoms with van der Waals surface area (Å²) in [7, 11) is 0. The Morgan fingerprint density at radius 3 is 2.78 bits per heavy atom. The van der Waals surface area contributed by atoms with Gasteiger partial charge >= 0.3 is 0 Å². The van der Waals surface area contributed by atoms with E-state index in [2.05, 4.69) is 24.9 Å².